The van der Waals surface area contributed by atoms with Gasteiger partial charge < -0.3 is 15.4 Å². The molecule has 1 aromatic rings. The van der Waals surface area contributed by atoms with Crippen molar-refractivity contribution in [3.63, 3.8) is 0 Å². The minimum absolute atomic E-state index is 0. The average Bonchev–Trinajstić information content (AvgIpc) is 2.72. The van der Waals surface area contributed by atoms with Crippen molar-refractivity contribution >= 4 is 40.0 Å². The second-order valence-corrected chi connectivity index (χ2v) is 9.21. The van der Waals surface area contributed by atoms with E-state index in [4.69, 9.17) is 4.74 Å². The van der Waals surface area contributed by atoms with Gasteiger partial charge in [-0.25, -0.2) is 13.1 Å². The standard InChI is InChI=1S/C20H34N4O3S.HI/c1-16(18-9-5-4-6-10-18)17(2)24-20(21-3)22-12-14-28(25,26)23-15-19-11-7-8-13-27-19;/h4-6,9-10,16-17,19,23H,7-8,11-15H2,1-3H3,(H2,21,22,24);1H. The lowest BCUT2D eigenvalue weighted by Crippen LogP contribution is -2.46. The van der Waals surface area contributed by atoms with Crippen molar-refractivity contribution in [2.75, 3.05) is 32.5 Å². The largest absolute Gasteiger partial charge is 0.377 e. The zero-order valence-corrected chi connectivity index (χ0v) is 20.7. The maximum Gasteiger partial charge on any atom is 0.213 e. The van der Waals surface area contributed by atoms with Crippen LogP contribution in [0, 0.1) is 0 Å². The van der Waals surface area contributed by atoms with Gasteiger partial charge >= 0.3 is 0 Å². The number of hydrogen-bond acceptors (Lipinski definition) is 4. The van der Waals surface area contributed by atoms with Crippen LogP contribution in [-0.2, 0) is 14.8 Å². The van der Waals surface area contributed by atoms with Gasteiger partial charge in [0.15, 0.2) is 5.96 Å². The lowest BCUT2D eigenvalue weighted by molar-refractivity contribution is 0.0200. The molecule has 166 valence electrons. The van der Waals surface area contributed by atoms with Gasteiger partial charge in [-0.3, -0.25) is 4.99 Å². The first-order valence-electron chi connectivity index (χ1n) is 10.0. The third-order valence-electron chi connectivity index (χ3n) is 5.13. The van der Waals surface area contributed by atoms with Crippen LogP contribution in [0.2, 0.25) is 0 Å². The molecule has 3 atom stereocenters. The van der Waals surface area contributed by atoms with Crippen LogP contribution in [0.25, 0.3) is 0 Å². The number of halogens is 1. The van der Waals surface area contributed by atoms with Gasteiger partial charge in [-0.05, 0) is 31.7 Å². The SMILES string of the molecule is CN=C(NCCS(=O)(=O)NCC1CCCCO1)NC(C)C(C)c1ccccc1.I. The molecule has 0 radical (unpaired) electrons. The smallest absolute Gasteiger partial charge is 0.213 e. The van der Waals surface area contributed by atoms with E-state index in [1.54, 1.807) is 7.05 Å². The molecule has 0 saturated carbocycles. The fourth-order valence-electron chi connectivity index (χ4n) is 3.14. The monoisotopic (exact) mass is 538 g/mol. The molecule has 1 heterocycles. The first kappa shape index (κ1) is 26.1. The van der Waals surface area contributed by atoms with Gasteiger partial charge in [0.1, 0.15) is 0 Å². The fourth-order valence-corrected chi connectivity index (χ4v) is 4.10. The maximum atomic E-state index is 12.2. The van der Waals surface area contributed by atoms with Crippen LogP contribution >= 0.6 is 24.0 Å². The third-order valence-corrected chi connectivity index (χ3v) is 6.48. The molecule has 1 fully saturated rings. The van der Waals surface area contributed by atoms with Gasteiger partial charge in [-0.2, -0.15) is 0 Å². The first-order chi connectivity index (χ1) is 13.4. The Kier molecular flexibility index (Phi) is 12.1. The zero-order chi connectivity index (χ0) is 20.4. The van der Waals surface area contributed by atoms with Crippen LogP contribution in [0.15, 0.2) is 35.3 Å². The van der Waals surface area contributed by atoms with Gasteiger partial charge in [-0.15, -0.1) is 24.0 Å². The highest BCUT2D eigenvalue weighted by Crippen LogP contribution is 2.18. The molecule has 2 rings (SSSR count). The highest BCUT2D eigenvalue weighted by Gasteiger charge is 2.18. The summed E-state index contributed by atoms with van der Waals surface area (Å²) in [5.74, 6) is 0.880. The Bertz CT molecular complexity index is 710. The van der Waals surface area contributed by atoms with Crippen LogP contribution < -0.4 is 15.4 Å². The van der Waals surface area contributed by atoms with Crippen molar-refractivity contribution in [1.82, 2.24) is 15.4 Å². The van der Waals surface area contributed by atoms with E-state index >= 15 is 0 Å². The summed E-state index contributed by atoms with van der Waals surface area (Å²) in [6.45, 7) is 5.60. The number of nitrogens with zero attached hydrogens (tertiary/aromatic N) is 1. The number of aliphatic imine (C=N–C) groups is 1. The lowest BCUT2D eigenvalue weighted by atomic mass is 9.94. The van der Waals surface area contributed by atoms with E-state index in [9.17, 15) is 8.42 Å². The molecule has 0 spiro atoms. The molecule has 7 nitrogen and oxygen atoms in total. The Morgan fingerprint density at radius 2 is 1.97 bits per heavy atom. The van der Waals surface area contributed by atoms with Gasteiger partial charge in [-0.1, -0.05) is 37.3 Å². The predicted octanol–water partition coefficient (Wildman–Crippen LogP) is 2.45. The molecule has 0 aromatic heterocycles. The molecule has 0 bridgehead atoms. The van der Waals surface area contributed by atoms with Crippen LogP contribution in [0.5, 0.6) is 0 Å². The number of sulfonamides is 1. The highest BCUT2D eigenvalue weighted by atomic mass is 127. The molecule has 3 unspecified atom stereocenters. The Balaban J connectivity index is 0.00000420. The molecular formula is C20H35IN4O3S. The summed E-state index contributed by atoms with van der Waals surface area (Å²) >= 11 is 0. The van der Waals surface area contributed by atoms with E-state index in [1.807, 2.05) is 18.2 Å². The fraction of sp³-hybridized carbons (Fsp3) is 0.650. The highest BCUT2D eigenvalue weighted by molar-refractivity contribution is 14.0. The summed E-state index contributed by atoms with van der Waals surface area (Å²) in [6, 6.07) is 10.4. The van der Waals surface area contributed by atoms with E-state index in [0.29, 0.717) is 18.4 Å². The molecule has 9 heteroatoms. The molecule has 1 aliphatic heterocycles. The summed E-state index contributed by atoms with van der Waals surface area (Å²) in [7, 11) is -1.66. The van der Waals surface area contributed by atoms with E-state index in [2.05, 4.69) is 46.3 Å². The van der Waals surface area contributed by atoms with Crippen molar-refractivity contribution < 1.29 is 13.2 Å². The van der Waals surface area contributed by atoms with Crippen LogP contribution in [0.4, 0.5) is 0 Å². The molecule has 1 saturated heterocycles. The Morgan fingerprint density at radius 1 is 1.24 bits per heavy atom. The van der Waals surface area contributed by atoms with Crippen molar-refractivity contribution in [1.29, 1.82) is 0 Å². The van der Waals surface area contributed by atoms with E-state index < -0.39 is 10.0 Å². The van der Waals surface area contributed by atoms with Crippen LogP contribution in [0.3, 0.4) is 0 Å². The molecule has 1 aliphatic rings. The van der Waals surface area contributed by atoms with E-state index in [1.165, 1.54) is 5.56 Å². The molecule has 0 amide bonds. The lowest BCUT2D eigenvalue weighted by Gasteiger charge is -2.24. The van der Waals surface area contributed by atoms with Crippen LogP contribution in [0.1, 0.15) is 44.6 Å². The number of ether oxygens (including phenoxy) is 1. The summed E-state index contributed by atoms with van der Waals surface area (Å²) in [5, 5.41) is 6.43. The van der Waals surface area contributed by atoms with E-state index in [0.717, 1.165) is 25.9 Å². The Labute approximate surface area is 192 Å². The van der Waals surface area contributed by atoms with Gasteiger partial charge in [0.25, 0.3) is 0 Å². The van der Waals surface area contributed by atoms with Gasteiger partial charge in [0.05, 0.1) is 11.9 Å². The molecular weight excluding hydrogens is 503 g/mol. The molecule has 1 aromatic carbocycles. The topological polar surface area (TPSA) is 91.8 Å². The minimum atomic E-state index is -3.35. The Hall–Kier alpha value is -0.910. The summed E-state index contributed by atoms with van der Waals surface area (Å²) in [6.07, 6.45) is 3.05. The second kappa shape index (κ2) is 13.4. The number of rotatable bonds is 9. The second-order valence-electron chi connectivity index (χ2n) is 7.29. The number of benzene rings is 1. The van der Waals surface area contributed by atoms with Crippen LogP contribution in [-0.4, -0.2) is 59.0 Å². The minimum Gasteiger partial charge on any atom is -0.377 e. The number of guanidine groups is 1. The van der Waals surface area contributed by atoms with Crippen molar-refractivity contribution in [2.45, 2.75) is 51.2 Å². The van der Waals surface area contributed by atoms with Gasteiger partial charge in [0.2, 0.25) is 10.0 Å². The van der Waals surface area contributed by atoms with Crippen molar-refractivity contribution in [3.8, 4) is 0 Å². The normalized spacial score (nSPS) is 19.7. The zero-order valence-electron chi connectivity index (χ0n) is 17.6. The average molecular weight is 538 g/mol. The summed E-state index contributed by atoms with van der Waals surface area (Å²) in [5.41, 5.74) is 1.25. The Morgan fingerprint density at radius 3 is 2.59 bits per heavy atom. The summed E-state index contributed by atoms with van der Waals surface area (Å²) < 4.78 is 32.6. The number of nitrogens with one attached hydrogen (secondary N) is 3. The van der Waals surface area contributed by atoms with Crippen molar-refractivity contribution in [2.24, 2.45) is 4.99 Å². The molecule has 3 N–H and O–H groups in total. The predicted molar refractivity (Wildman–Crippen MR) is 130 cm³/mol. The molecule has 0 aliphatic carbocycles. The molecule has 29 heavy (non-hydrogen) atoms. The third kappa shape index (κ3) is 9.63. The van der Waals surface area contributed by atoms with Gasteiger partial charge in [0, 0.05) is 38.7 Å². The number of hydrogen-bond donors (Lipinski definition) is 3. The van der Waals surface area contributed by atoms with E-state index in [-0.39, 0.29) is 48.4 Å². The maximum absolute atomic E-state index is 12.2. The van der Waals surface area contributed by atoms with Crippen molar-refractivity contribution in [3.05, 3.63) is 35.9 Å². The summed E-state index contributed by atoms with van der Waals surface area (Å²) in [4.78, 5) is 4.20. The first-order valence-corrected chi connectivity index (χ1v) is 11.7. The quantitative estimate of drug-likeness (QED) is 0.255.